The lowest BCUT2D eigenvalue weighted by molar-refractivity contribution is 0.0848. The van der Waals surface area contributed by atoms with Crippen LogP contribution in [0.4, 0.5) is 5.69 Å². The van der Waals surface area contributed by atoms with Crippen LogP contribution in [0.3, 0.4) is 0 Å². The molecule has 1 fully saturated rings. The lowest BCUT2D eigenvalue weighted by atomic mass is 9.91. The molecule has 1 aliphatic rings. The summed E-state index contributed by atoms with van der Waals surface area (Å²) in [7, 11) is 0. The molecule has 0 spiro atoms. The summed E-state index contributed by atoms with van der Waals surface area (Å²) in [6, 6.07) is 0. The van der Waals surface area contributed by atoms with Crippen LogP contribution in [0.1, 0.15) is 26.0 Å². The minimum absolute atomic E-state index is 0.276. The highest BCUT2D eigenvalue weighted by Gasteiger charge is 2.32. The number of rotatable bonds is 2. The van der Waals surface area contributed by atoms with Gasteiger partial charge in [0.25, 0.3) is 0 Å². The molecule has 4 heteroatoms. The van der Waals surface area contributed by atoms with E-state index in [1.807, 2.05) is 11.6 Å². The van der Waals surface area contributed by atoms with Crippen LogP contribution < -0.4 is 5.73 Å². The first kappa shape index (κ1) is 10.5. The van der Waals surface area contributed by atoms with E-state index in [0.717, 1.165) is 31.0 Å². The largest absolute Gasteiger partial charge is 0.396 e. The maximum atomic E-state index is 5.74. The number of hydrogen-bond acceptors (Lipinski definition) is 3. The van der Waals surface area contributed by atoms with Crippen molar-refractivity contribution in [1.82, 2.24) is 9.78 Å². The fourth-order valence-electron chi connectivity index (χ4n) is 2.03. The van der Waals surface area contributed by atoms with Crippen LogP contribution >= 0.6 is 0 Å². The smallest absolute Gasteiger partial charge is 0.0777 e. The highest BCUT2D eigenvalue weighted by molar-refractivity contribution is 5.39. The summed E-state index contributed by atoms with van der Waals surface area (Å²) < 4.78 is 7.67. The van der Waals surface area contributed by atoms with Gasteiger partial charge < -0.3 is 10.5 Å². The van der Waals surface area contributed by atoms with Crippen LogP contribution in [-0.4, -0.2) is 22.5 Å². The Bertz CT molecular complexity index is 357. The molecule has 1 aromatic heterocycles. The van der Waals surface area contributed by atoms with Gasteiger partial charge in [0.2, 0.25) is 0 Å². The van der Waals surface area contributed by atoms with Crippen LogP contribution in [0.25, 0.3) is 0 Å². The molecule has 2 heterocycles. The number of anilines is 1. The van der Waals surface area contributed by atoms with Gasteiger partial charge in [-0.1, -0.05) is 13.8 Å². The molecular weight excluding hydrogens is 190 g/mol. The molecule has 0 amide bonds. The zero-order valence-corrected chi connectivity index (χ0v) is 9.66. The number of nitrogen functional groups attached to an aromatic ring is 1. The number of hydrogen-bond donors (Lipinski definition) is 1. The second kappa shape index (κ2) is 3.52. The number of nitrogens with zero attached hydrogens (tertiary/aromatic N) is 2. The van der Waals surface area contributed by atoms with Gasteiger partial charge in [0.1, 0.15) is 0 Å². The predicted molar refractivity (Wildman–Crippen MR) is 59.5 cm³/mol. The molecule has 2 rings (SSSR count). The predicted octanol–water partition coefficient (Wildman–Crippen LogP) is 1.59. The molecule has 1 aromatic rings. The van der Waals surface area contributed by atoms with E-state index < -0.39 is 0 Å². The average Bonchev–Trinajstić information content (AvgIpc) is 2.63. The summed E-state index contributed by atoms with van der Waals surface area (Å²) in [6.45, 7) is 8.11. The first-order chi connectivity index (χ1) is 6.98. The average molecular weight is 209 g/mol. The maximum absolute atomic E-state index is 5.74. The van der Waals surface area contributed by atoms with E-state index >= 15 is 0 Å². The Morgan fingerprint density at radius 2 is 2.40 bits per heavy atom. The minimum Gasteiger partial charge on any atom is -0.396 e. The SMILES string of the molecule is Cc1c(N)cnn1CC1CC(C)(C)CO1. The van der Waals surface area contributed by atoms with Gasteiger partial charge in [-0.15, -0.1) is 0 Å². The summed E-state index contributed by atoms with van der Waals surface area (Å²) in [4.78, 5) is 0. The first-order valence-electron chi connectivity index (χ1n) is 5.37. The van der Waals surface area contributed by atoms with Crippen molar-refractivity contribution in [2.75, 3.05) is 12.3 Å². The number of nitrogens with two attached hydrogens (primary N) is 1. The fourth-order valence-corrected chi connectivity index (χ4v) is 2.03. The van der Waals surface area contributed by atoms with Crippen molar-refractivity contribution in [3.05, 3.63) is 11.9 Å². The van der Waals surface area contributed by atoms with E-state index in [1.165, 1.54) is 0 Å². The highest BCUT2D eigenvalue weighted by Crippen LogP contribution is 2.32. The summed E-state index contributed by atoms with van der Waals surface area (Å²) >= 11 is 0. The van der Waals surface area contributed by atoms with Crippen LogP contribution in [0, 0.1) is 12.3 Å². The summed E-state index contributed by atoms with van der Waals surface area (Å²) in [5, 5.41) is 4.24. The molecule has 15 heavy (non-hydrogen) atoms. The van der Waals surface area contributed by atoms with Crippen molar-refractivity contribution < 1.29 is 4.74 Å². The zero-order valence-electron chi connectivity index (χ0n) is 9.66. The van der Waals surface area contributed by atoms with Gasteiger partial charge in [-0.05, 0) is 18.8 Å². The Morgan fingerprint density at radius 3 is 2.87 bits per heavy atom. The quantitative estimate of drug-likeness (QED) is 0.804. The molecule has 1 saturated heterocycles. The first-order valence-corrected chi connectivity index (χ1v) is 5.37. The van der Waals surface area contributed by atoms with Crippen molar-refractivity contribution in [3.63, 3.8) is 0 Å². The molecule has 1 aliphatic heterocycles. The minimum atomic E-state index is 0.276. The van der Waals surface area contributed by atoms with E-state index in [1.54, 1.807) is 6.20 Å². The van der Waals surface area contributed by atoms with Crippen molar-refractivity contribution in [3.8, 4) is 0 Å². The van der Waals surface area contributed by atoms with Gasteiger partial charge in [0, 0.05) is 0 Å². The molecule has 4 nitrogen and oxygen atoms in total. The molecular formula is C11H19N3O. The monoisotopic (exact) mass is 209 g/mol. The van der Waals surface area contributed by atoms with E-state index in [9.17, 15) is 0 Å². The van der Waals surface area contributed by atoms with Crippen LogP contribution in [-0.2, 0) is 11.3 Å². The molecule has 84 valence electrons. The van der Waals surface area contributed by atoms with Crippen molar-refractivity contribution in [1.29, 1.82) is 0 Å². The molecule has 1 atom stereocenters. The lowest BCUT2D eigenvalue weighted by Crippen LogP contribution is -2.18. The summed E-state index contributed by atoms with van der Waals surface area (Å²) in [5.41, 5.74) is 7.83. The molecule has 0 aliphatic carbocycles. The Hall–Kier alpha value is -1.03. The lowest BCUT2D eigenvalue weighted by Gasteiger charge is -2.14. The molecule has 0 aromatic carbocycles. The van der Waals surface area contributed by atoms with E-state index in [-0.39, 0.29) is 6.10 Å². The molecule has 0 saturated carbocycles. The Morgan fingerprint density at radius 1 is 1.67 bits per heavy atom. The number of aromatic nitrogens is 2. The van der Waals surface area contributed by atoms with Gasteiger partial charge in [0.15, 0.2) is 0 Å². The third kappa shape index (κ3) is 2.15. The van der Waals surface area contributed by atoms with Crippen LogP contribution in [0.15, 0.2) is 6.20 Å². The van der Waals surface area contributed by atoms with Crippen LogP contribution in [0.5, 0.6) is 0 Å². The molecule has 1 unspecified atom stereocenters. The maximum Gasteiger partial charge on any atom is 0.0777 e. The normalized spacial score (nSPS) is 24.6. The third-order valence-electron chi connectivity index (χ3n) is 3.01. The number of ether oxygens (including phenoxy) is 1. The van der Waals surface area contributed by atoms with Crippen LogP contribution in [0.2, 0.25) is 0 Å². The van der Waals surface area contributed by atoms with Crippen molar-refractivity contribution >= 4 is 5.69 Å². The standard InChI is InChI=1S/C11H19N3O/c1-8-10(12)5-13-14(8)6-9-4-11(2,3)7-15-9/h5,9H,4,6-7,12H2,1-3H3. The Balaban J connectivity index is 2.02. The van der Waals surface area contributed by atoms with Crippen molar-refractivity contribution in [2.24, 2.45) is 5.41 Å². The van der Waals surface area contributed by atoms with E-state index in [2.05, 4.69) is 18.9 Å². The zero-order chi connectivity index (χ0) is 11.1. The van der Waals surface area contributed by atoms with E-state index in [4.69, 9.17) is 10.5 Å². The summed E-state index contributed by atoms with van der Waals surface area (Å²) in [5.74, 6) is 0. The molecule has 0 bridgehead atoms. The fraction of sp³-hybridized carbons (Fsp3) is 0.727. The van der Waals surface area contributed by atoms with Gasteiger partial charge in [-0.25, -0.2) is 0 Å². The van der Waals surface area contributed by atoms with Gasteiger partial charge >= 0.3 is 0 Å². The van der Waals surface area contributed by atoms with Gasteiger partial charge in [-0.3, -0.25) is 4.68 Å². The highest BCUT2D eigenvalue weighted by atomic mass is 16.5. The second-order valence-corrected chi connectivity index (χ2v) is 5.17. The van der Waals surface area contributed by atoms with Crippen molar-refractivity contribution in [2.45, 2.75) is 39.8 Å². The Labute approximate surface area is 90.4 Å². The third-order valence-corrected chi connectivity index (χ3v) is 3.01. The molecule has 2 N–H and O–H groups in total. The topological polar surface area (TPSA) is 53.1 Å². The summed E-state index contributed by atoms with van der Waals surface area (Å²) in [6.07, 6.45) is 3.07. The van der Waals surface area contributed by atoms with E-state index in [0.29, 0.717) is 5.41 Å². The van der Waals surface area contributed by atoms with Gasteiger partial charge in [0.05, 0.1) is 36.8 Å². The Kier molecular flexibility index (Phi) is 2.46. The second-order valence-electron chi connectivity index (χ2n) is 5.17. The molecule has 0 radical (unpaired) electrons. The van der Waals surface area contributed by atoms with Gasteiger partial charge in [-0.2, -0.15) is 5.10 Å².